The van der Waals surface area contributed by atoms with Crippen LogP contribution in [0.5, 0.6) is 0 Å². The molecule has 0 aliphatic heterocycles. The number of nitrogens with zero attached hydrogens (tertiary/aromatic N) is 2. The van der Waals surface area contributed by atoms with Crippen molar-refractivity contribution in [1.82, 2.24) is 5.32 Å². The second-order valence-corrected chi connectivity index (χ2v) is 2.63. The Labute approximate surface area is 93.8 Å². The Bertz CT molecular complexity index is 362. The molecule has 0 unspecified atom stereocenters. The van der Waals surface area contributed by atoms with Crippen molar-refractivity contribution in [3.05, 3.63) is 39.9 Å². The molecule has 5 nitrogen and oxygen atoms in total. The SMILES string of the molecule is CN=C(NC)c1ccc([N+](=O)[O-])cc1.Cl. The van der Waals surface area contributed by atoms with E-state index in [1.54, 1.807) is 26.2 Å². The summed E-state index contributed by atoms with van der Waals surface area (Å²) in [5, 5.41) is 13.3. The molecule has 0 saturated heterocycles. The molecular formula is C9H12ClN3O2. The van der Waals surface area contributed by atoms with E-state index < -0.39 is 4.92 Å². The van der Waals surface area contributed by atoms with E-state index in [0.717, 1.165) is 5.56 Å². The van der Waals surface area contributed by atoms with E-state index in [4.69, 9.17) is 0 Å². The van der Waals surface area contributed by atoms with Crippen LogP contribution in [0.15, 0.2) is 29.3 Å². The Balaban J connectivity index is 0.00000196. The molecule has 0 atom stereocenters. The molecule has 0 amide bonds. The fourth-order valence-corrected chi connectivity index (χ4v) is 1.13. The van der Waals surface area contributed by atoms with Gasteiger partial charge in [-0.05, 0) is 12.1 Å². The van der Waals surface area contributed by atoms with Gasteiger partial charge in [0, 0.05) is 31.8 Å². The fraction of sp³-hybridized carbons (Fsp3) is 0.222. The highest BCUT2D eigenvalue weighted by atomic mass is 35.5. The molecule has 0 heterocycles. The number of nitrogens with one attached hydrogen (secondary N) is 1. The fourth-order valence-electron chi connectivity index (χ4n) is 1.13. The highest BCUT2D eigenvalue weighted by molar-refractivity contribution is 5.98. The van der Waals surface area contributed by atoms with E-state index in [9.17, 15) is 10.1 Å². The van der Waals surface area contributed by atoms with E-state index in [2.05, 4.69) is 10.3 Å². The van der Waals surface area contributed by atoms with Gasteiger partial charge in [0.2, 0.25) is 0 Å². The topological polar surface area (TPSA) is 67.5 Å². The normalized spacial score (nSPS) is 10.4. The minimum atomic E-state index is -0.425. The average Bonchev–Trinajstić information content (AvgIpc) is 2.20. The van der Waals surface area contributed by atoms with Gasteiger partial charge in [-0.15, -0.1) is 12.4 Å². The molecule has 1 aromatic carbocycles. The average molecular weight is 230 g/mol. The molecule has 1 N–H and O–H groups in total. The van der Waals surface area contributed by atoms with Gasteiger partial charge in [-0.3, -0.25) is 15.1 Å². The number of benzene rings is 1. The van der Waals surface area contributed by atoms with Crippen LogP contribution < -0.4 is 5.32 Å². The smallest absolute Gasteiger partial charge is 0.269 e. The molecule has 0 radical (unpaired) electrons. The molecule has 0 aromatic heterocycles. The summed E-state index contributed by atoms with van der Waals surface area (Å²) < 4.78 is 0. The molecule has 6 heteroatoms. The van der Waals surface area contributed by atoms with Crippen LogP contribution in [-0.2, 0) is 0 Å². The first-order valence-electron chi connectivity index (χ1n) is 4.08. The minimum Gasteiger partial charge on any atom is -0.373 e. The molecule has 0 aliphatic rings. The molecule has 0 saturated carbocycles. The molecule has 82 valence electrons. The van der Waals surface area contributed by atoms with Crippen LogP contribution in [0.1, 0.15) is 5.56 Å². The van der Waals surface area contributed by atoms with Crippen molar-refractivity contribution in [2.75, 3.05) is 14.1 Å². The number of amidine groups is 1. The number of rotatable bonds is 2. The van der Waals surface area contributed by atoms with Gasteiger partial charge in [-0.1, -0.05) is 0 Å². The third-order valence-electron chi connectivity index (χ3n) is 1.81. The van der Waals surface area contributed by atoms with Crippen LogP contribution >= 0.6 is 12.4 Å². The molecule has 15 heavy (non-hydrogen) atoms. The van der Waals surface area contributed by atoms with E-state index in [-0.39, 0.29) is 18.1 Å². The molecule has 0 aliphatic carbocycles. The van der Waals surface area contributed by atoms with E-state index in [1.165, 1.54) is 12.1 Å². The molecule has 0 fully saturated rings. The van der Waals surface area contributed by atoms with E-state index in [0.29, 0.717) is 5.84 Å². The van der Waals surface area contributed by atoms with Gasteiger partial charge in [0.15, 0.2) is 0 Å². The first-order chi connectivity index (χ1) is 6.69. The first-order valence-corrected chi connectivity index (χ1v) is 4.08. The Hall–Kier alpha value is -1.62. The quantitative estimate of drug-likeness (QED) is 0.363. The minimum absolute atomic E-state index is 0. The second kappa shape index (κ2) is 5.98. The van der Waals surface area contributed by atoms with Gasteiger partial charge in [-0.2, -0.15) is 0 Å². The van der Waals surface area contributed by atoms with Gasteiger partial charge < -0.3 is 5.32 Å². The predicted octanol–water partition coefficient (Wildman–Crippen LogP) is 1.61. The number of non-ortho nitro benzene ring substituents is 1. The van der Waals surface area contributed by atoms with Crippen molar-refractivity contribution in [2.24, 2.45) is 4.99 Å². The highest BCUT2D eigenvalue weighted by Crippen LogP contribution is 2.11. The first kappa shape index (κ1) is 13.4. The molecular weight excluding hydrogens is 218 g/mol. The van der Waals surface area contributed by atoms with Crippen molar-refractivity contribution < 1.29 is 4.92 Å². The number of nitro benzene ring substituents is 1. The Kier molecular flexibility index (Phi) is 5.33. The number of nitro groups is 1. The maximum Gasteiger partial charge on any atom is 0.269 e. The van der Waals surface area contributed by atoms with Gasteiger partial charge in [0.25, 0.3) is 5.69 Å². The monoisotopic (exact) mass is 229 g/mol. The van der Waals surface area contributed by atoms with Crippen molar-refractivity contribution >= 4 is 23.9 Å². The van der Waals surface area contributed by atoms with Crippen LogP contribution in [0, 0.1) is 10.1 Å². The lowest BCUT2D eigenvalue weighted by atomic mass is 10.2. The summed E-state index contributed by atoms with van der Waals surface area (Å²) in [5.41, 5.74) is 0.918. The number of hydrogen-bond donors (Lipinski definition) is 1. The van der Waals surface area contributed by atoms with Crippen molar-refractivity contribution in [3.63, 3.8) is 0 Å². The maximum atomic E-state index is 10.4. The Morgan fingerprint density at radius 1 is 1.40 bits per heavy atom. The summed E-state index contributed by atoms with van der Waals surface area (Å²) in [5.74, 6) is 0.708. The summed E-state index contributed by atoms with van der Waals surface area (Å²) in [4.78, 5) is 13.9. The number of halogens is 1. The van der Waals surface area contributed by atoms with Crippen LogP contribution in [0.3, 0.4) is 0 Å². The third kappa shape index (κ3) is 3.21. The van der Waals surface area contributed by atoms with Gasteiger partial charge >= 0.3 is 0 Å². The van der Waals surface area contributed by atoms with Crippen LogP contribution in [0.4, 0.5) is 5.69 Å². The standard InChI is InChI=1S/C9H11N3O2.ClH/c1-10-9(11-2)7-3-5-8(6-4-7)12(13)14;/h3-6H,1-2H3,(H,10,11);1H. The zero-order valence-corrected chi connectivity index (χ0v) is 9.25. The molecule has 0 spiro atoms. The molecule has 0 bridgehead atoms. The van der Waals surface area contributed by atoms with Gasteiger partial charge in [0.1, 0.15) is 5.84 Å². The third-order valence-corrected chi connectivity index (χ3v) is 1.81. The van der Waals surface area contributed by atoms with E-state index in [1.807, 2.05) is 0 Å². The zero-order valence-electron chi connectivity index (χ0n) is 8.43. The van der Waals surface area contributed by atoms with Crippen LogP contribution in [0.25, 0.3) is 0 Å². The van der Waals surface area contributed by atoms with E-state index >= 15 is 0 Å². The van der Waals surface area contributed by atoms with Crippen molar-refractivity contribution in [2.45, 2.75) is 0 Å². The van der Waals surface area contributed by atoms with Gasteiger partial charge in [-0.25, -0.2) is 0 Å². The lowest BCUT2D eigenvalue weighted by molar-refractivity contribution is -0.384. The number of aliphatic imine (C=N–C) groups is 1. The number of hydrogen-bond acceptors (Lipinski definition) is 3. The maximum absolute atomic E-state index is 10.4. The second-order valence-electron chi connectivity index (χ2n) is 2.63. The lowest BCUT2D eigenvalue weighted by Crippen LogP contribution is -2.19. The van der Waals surface area contributed by atoms with Crippen LogP contribution in [0.2, 0.25) is 0 Å². The Morgan fingerprint density at radius 2 is 1.93 bits per heavy atom. The highest BCUT2D eigenvalue weighted by Gasteiger charge is 2.05. The van der Waals surface area contributed by atoms with Gasteiger partial charge in [0.05, 0.1) is 4.92 Å². The Morgan fingerprint density at radius 3 is 2.27 bits per heavy atom. The summed E-state index contributed by atoms with van der Waals surface area (Å²) in [6.07, 6.45) is 0. The summed E-state index contributed by atoms with van der Waals surface area (Å²) in [6, 6.07) is 6.24. The molecule has 1 rings (SSSR count). The lowest BCUT2D eigenvalue weighted by Gasteiger charge is -2.03. The summed E-state index contributed by atoms with van der Waals surface area (Å²) >= 11 is 0. The predicted molar refractivity (Wildman–Crippen MR) is 61.9 cm³/mol. The molecule has 1 aromatic rings. The largest absolute Gasteiger partial charge is 0.373 e. The van der Waals surface area contributed by atoms with Crippen LogP contribution in [-0.4, -0.2) is 24.9 Å². The van der Waals surface area contributed by atoms with Crippen molar-refractivity contribution in [1.29, 1.82) is 0 Å². The summed E-state index contributed by atoms with van der Waals surface area (Å²) in [7, 11) is 3.41. The van der Waals surface area contributed by atoms with Crippen molar-refractivity contribution in [3.8, 4) is 0 Å². The zero-order chi connectivity index (χ0) is 10.6. The summed E-state index contributed by atoms with van der Waals surface area (Å²) in [6.45, 7) is 0.